The first-order valence-electron chi connectivity index (χ1n) is 7.91. The summed E-state index contributed by atoms with van der Waals surface area (Å²) in [5.41, 5.74) is 2.37. The number of amidine groups is 1. The summed E-state index contributed by atoms with van der Waals surface area (Å²) in [6, 6.07) is 11.2. The van der Waals surface area contributed by atoms with Crippen molar-refractivity contribution in [2.24, 2.45) is 4.99 Å². The van der Waals surface area contributed by atoms with E-state index >= 15 is 0 Å². The molecular formula is C19H17ClN2O2. The third-order valence-electron chi connectivity index (χ3n) is 4.77. The van der Waals surface area contributed by atoms with Gasteiger partial charge in [-0.2, -0.15) is 0 Å². The highest BCUT2D eigenvalue weighted by molar-refractivity contribution is 6.31. The van der Waals surface area contributed by atoms with Crippen LogP contribution in [0.5, 0.6) is 0 Å². The molecule has 0 aromatic heterocycles. The molecule has 0 spiro atoms. The second-order valence-electron chi connectivity index (χ2n) is 6.48. The van der Waals surface area contributed by atoms with Crippen LogP contribution in [-0.2, 0) is 0 Å². The number of fused-ring (bicyclic) bond motifs is 2. The molecule has 24 heavy (non-hydrogen) atoms. The van der Waals surface area contributed by atoms with Crippen LogP contribution in [-0.4, -0.2) is 28.9 Å². The van der Waals surface area contributed by atoms with Gasteiger partial charge in [-0.25, -0.2) is 4.99 Å². The second kappa shape index (κ2) is 5.16. The summed E-state index contributed by atoms with van der Waals surface area (Å²) in [7, 11) is 0. The Labute approximate surface area is 145 Å². The lowest BCUT2D eigenvalue weighted by atomic mass is 9.87. The van der Waals surface area contributed by atoms with Crippen LogP contribution in [0.25, 0.3) is 0 Å². The van der Waals surface area contributed by atoms with E-state index < -0.39 is 5.60 Å². The topological polar surface area (TPSA) is 52.9 Å². The van der Waals surface area contributed by atoms with Crippen molar-refractivity contribution in [1.82, 2.24) is 0 Å². The second-order valence-corrected chi connectivity index (χ2v) is 6.89. The van der Waals surface area contributed by atoms with Crippen LogP contribution in [0.4, 0.5) is 11.4 Å². The van der Waals surface area contributed by atoms with Gasteiger partial charge in [-0.05, 0) is 49.7 Å². The molecule has 122 valence electrons. The minimum Gasteiger partial charge on any atom is -0.374 e. The molecule has 0 saturated carbocycles. The number of rotatable bonds is 1. The Morgan fingerprint density at radius 1 is 1.21 bits per heavy atom. The molecular weight excluding hydrogens is 324 g/mol. The lowest BCUT2D eigenvalue weighted by Gasteiger charge is -2.30. The third-order valence-corrected chi connectivity index (χ3v) is 5.20. The number of anilines is 1. The van der Waals surface area contributed by atoms with E-state index in [1.54, 1.807) is 6.07 Å². The Kier molecular flexibility index (Phi) is 3.31. The number of halogens is 1. The highest BCUT2D eigenvalue weighted by Gasteiger charge is 2.52. The van der Waals surface area contributed by atoms with Crippen LogP contribution >= 0.6 is 11.6 Å². The van der Waals surface area contributed by atoms with E-state index in [2.05, 4.69) is 4.99 Å². The molecule has 2 heterocycles. The number of hydrogen-bond donors (Lipinski definition) is 1. The molecule has 2 aliphatic heterocycles. The molecule has 0 bridgehead atoms. The number of Topliss-reactive ketones (excluding diaryl/α,β-unsaturated/α-hetero) is 1. The van der Waals surface area contributed by atoms with Gasteiger partial charge >= 0.3 is 0 Å². The van der Waals surface area contributed by atoms with E-state index in [9.17, 15) is 9.90 Å². The number of hydrogen-bond acceptors (Lipinski definition) is 4. The molecule has 4 rings (SSSR count). The number of carbonyl (C=O) groups excluding carboxylic acids is 1. The lowest BCUT2D eigenvalue weighted by molar-refractivity contribution is 0.0602. The van der Waals surface area contributed by atoms with Crippen LogP contribution < -0.4 is 4.90 Å². The zero-order valence-electron chi connectivity index (χ0n) is 13.5. The Morgan fingerprint density at radius 3 is 2.75 bits per heavy atom. The van der Waals surface area contributed by atoms with Gasteiger partial charge in [0.15, 0.2) is 5.60 Å². The van der Waals surface area contributed by atoms with Gasteiger partial charge in [0.1, 0.15) is 5.84 Å². The zero-order valence-corrected chi connectivity index (χ0v) is 14.3. The fourth-order valence-electron chi connectivity index (χ4n) is 3.40. The van der Waals surface area contributed by atoms with Gasteiger partial charge in [0.2, 0.25) is 5.78 Å². The van der Waals surface area contributed by atoms with E-state index in [1.165, 1.54) is 0 Å². The number of ketones is 1. The van der Waals surface area contributed by atoms with Gasteiger partial charge in [0.05, 0.1) is 5.69 Å². The third kappa shape index (κ3) is 2.10. The summed E-state index contributed by atoms with van der Waals surface area (Å²) in [4.78, 5) is 19.4. The SMILES string of the molecule is Cc1ccc2c(c1)C(=O)C1(O)CCN(c3ccc(Cl)c(C)c3)C1=N2. The van der Waals surface area contributed by atoms with Crippen molar-refractivity contribution in [1.29, 1.82) is 0 Å². The van der Waals surface area contributed by atoms with Crippen LogP contribution in [0.3, 0.4) is 0 Å². The molecule has 2 aliphatic rings. The maximum atomic E-state index is 12.9. The standard InChI is InChI=1S/C19H17ClN2O2/c1-11-3-6-16-14(9-11)17(23)19(24)7-8-22(18(19)21-16)13-4-5-15(20)12(2)10-13/h3-6,9-10,24H,7-8H2,1-2H3. The molecule has 1 atom stereocenters. The highest BCUT2D eigenvalue weighted by atomic mass is 35.5. The normalized spacial score (nSPS) is 22.2. The van der Waals surface area contributed by atoms with Gasteiger partial charge in [-0.15, -0.1) is 0 Å². The number of nitrogens with zero attached hydrogens (tertiary/aromatic N) is 2. The monoisotopic (exact) mass is 340 g/mol. The quantitative estimate of drug-likeness (QED) is 0.858. The summed E-state index contributed by atoms with van der Waals surface area (Å²) in [6.45, 7) is 4.39. The smallest absolute Gasteiger partial charge is 0.204 e. The fraction of sp³-hybridized carbons (Fsp3) is 0.263. The minimum absolute atomic E-state index is 0.264. The Morgan fingerprint density at radius 2 is 2.00 bits per heavy atom. The fourth-order valence-corrected chi connectivity index (χ4v) is 3.51. The van der Waals surface area contributed by atoms with Crippen molar-refractivity contribution in [3.63, 3.8) is 0 Å². The Hall–Kier alpha value is -2.17. The van der Waals surface area contributed by atoms with E-state index in [0.29, 0.717) is 35.1 Å². The van der Waals surface area contributed by atoms with Gasteiger partial charge in [-0.3, -0.25) is 4.79 Å². The number of aryl methyl sites for hydroxylation is 2. The molecule has 1 saturated heterocycles. The molecule has 0 aliphatic carbocycles. The molecule has 1 fully saturated rings. The lowest BCUT2D eigenvalue weighted by Crippen LogP contribution is -2.48. The Balaban J connectivity index is 1.86. The van der Waals surface area contributed by atoms with Gasteiger partial charge in [-0.1, -0.05) is 23.2 Å². The molecule has 5 heteroatoms. The number of benzene rings is 2. The summed E-state index contributed by atoms with van der Waals surface area (Å²) >= 11 is 6.10. The molecule has 4 nitrogen and oxygen atoms in total. The molecule has 0 radical (unpaired) electrons. The predicted molar refractivity (Wildman–Crippen MR) is 95.7 cm³/mol. The maximum Gasteiger partial charge on any atom is 0.204 e. The molecule has 2 aromatic carbocycles. The highest BCUT2D eigenvalue weighted by Crippen LogP contribution is 2.40. The van der Waals surface area contributed by atoms with Gasteiger partial charge in [0.25, 0.3) is 0 Å². The average Bonchev–Trinajstić information content (AvgIpc) is 2.89. The van der Waals surface area contributed by atoms with Crippen molar-refractivity contribution in [3.8, 4) is 0 Å². The predicted octanol–water partition coefficient (Wildman–Crippen LogP) is 3.82. The summed E-state index contributed by atoms with van der Waals surface area (Å²) in [5.74, 6) is 0.143. The maximum absolute atomic E-state index is 12.9. The molecule has 1 unspecified atom stereocenters. The van der Waals surface area contributed by atoms with E-state index in [0.717, 1.165) is 16.8 Å². The van der Waals surface area contributed by atoms with Gasteiger partial charge in [0, 0.05) is 29.2 Å². The van der Waals surface area contributed by atoms with Crippen LogP contribution in [0.1, 0.15) is 27.9 Å². The summed E-state index contributed by atoms with van der Waals surface area (Å²) in [5, 5.41) is 11.7. The minimum atomic E-state index is -1.55. The number of aliphatic hydroxyl groups is 1. The van der Waals surface area contributed by atoms with E-state index in [1.807, 2.05) is 49.1 Å². The van der Waals surface area contributed by atoms with Crippen LogP contribution in [0, 0.1) is 13.8 Å². The van der Waals surface area contributed by atoms with Crippen LogP contribution in [0.2, 0.25) is 5.02 Å². The van der Waals surface area contributed by atoms with Crippen LogP contribution in [0.15, 0.2) is 41.4 Å². The summed E-state index contributed by atoms with van der Waals surface area (Å²) < 4.78 is 0. The van der Waals surface area contributed by atoms with Crippen molar-refractivity contribution in [2.75, 3.05) is 11.4 Å². The zero-order chi connectivity index (χ0) is 17.1. The van der Waals surface area contributed by atoms with Crippen molar-refractivity contribution >= 4 is 34.6 Å². The first kappa shape index (κ1) is 15.4. The first-order valence-corrected chi connectivity index (χ1v) is 8.28. The number of carbonyl (C=O) groups is 1. The van der Waals surface area contributed by atoms with Crippen molar-refractivity contribution in [2.45, 2.75) is 25.9 Å². The van der Waals surface area contributed by atoms with Gasteiger partial charge < -0.3 is 10.0 Å². The average molecular weight is 341 g/mol. The number of aliphatic imine (C=N–C) groups is 1. The molecule has 0 amide bonds. The van der Waals surface area contributed by atoms with Crippen molar-refractivity contribution in [3.05, 3.63) is 58.1 Å². The summed E-state index contributed by atoms with van der Waals surface area (Å²) in [6.07, 6.45) is 0.333. The van der Waals surface area contributed by atoms with Crippen molar-refractivity contribution < 1.29 is 9.90 Å². The largest absolute Gasteiger partial charge is 0.374 e. The van der Waals surface area contributed by atoms with E-state index in [4.69, 9.17) is 11.6 Å². The Bertz CT molecular complexity index is 906. The molecule has 2 aromatic rings. The first-order chi connectivity index (χ1) is 11.4. The molecule has 1 N–H and O–H groups in total. The van der Waals surface area contributed by atoms with E-state index in [-0.39, 0.29) is 5.78 Å².